The van der Waals surface area contributed by atoms with Gasteiger partial charge in [-0.25, -0.2) is 4.39 Å². The number of anilines is 1. The molecule has 3 N–H and O–H groups in total. The monoisotopic (exact) mass is 224 g/mol. The minimum Gasteiger partial charge on any atom is -0.325 e. The van der Waals surface area contributed by atoms with Gasteiger partial charge < -0.3 is 11.1 Å². The number of hydrogen-bond donors (Lipinski definition) is 2. The summed E-state index contributed by atoms with van der Waals surface area (Å²) in [6.07, 6.45) is 1.47. The third kappa shape index (κ3) is 3.62. The molecule has 1 rings (SSSR count). The summed E-state index contributed by atoms with van der Waals surface area (Å²) in [5.74, 6) is -0.633. The fourth-order valence-electron chi connectivity index (χ4n) is 1.49. The predicted molar refractivity (Wildman–Crippen MR) is 62.7 cm³/mol. The summed E-state index contributed by atoms with van der Waals surface area (Å²) in [5.41, 5.74) is 6.86. The van der Waals surface area contributed by atoms with Crippen LogP contribution in [0.2, 0.25) is 0 Å². The Bertz CT molecular complexity index is 359. The molecule has 0 heterocycles. The molecule has 0 aliphatic rings. The van der Waals surface area contributed by atoms with Gasteiger partial charge in [-0.05, 0) is 37.1 Å². The van der Waals surface area contributed by atoms with Gasteiger partial charge in [0, 0.05) is 5.69 Å². The van der Waals surface area contributed by atoms with Gasteiger partial charge in [0.2, 0.25) is 5.91 Å². The molecule has 0 aromatic heterocycles. The van der Waals surface area contributed by atoms with E-state index in [9.17, 15) is 9.18 Å². The summed E-state index contributed by atoms with van der Waals surface area (Å²) in [6, 6.07) is 3.86. The van der Waals surface area contributed by atoms with Gasteiger partial charge in [0.05, 0.1) is 6.04 Å². The molecule has 88 valence electrons. The highest BCUT2D eigenvalue weighted by molar-refractivity contribution is 5.94. The SMILES string of the molecule is CCCC(N)C(=O)Nc1cc(C)cc(F)c1. The molecule has 1 aromatic carbocycles. The molecule has 0 spiro atoms. The normalized spacial score (nSPS) is 12.2. The molecule has 16 heavy (non-hydrogen) atoms. The van der Waals surface area contributed by atoms with Crippen molar-refractivity contribution >= 4 is 11.6 Å². The second-order valence-electron chi connectivity index (χ2n) is 3.90. The summed E-state index contributed by atoms with van der Waals surface area (Å²) >= 11 is 0. The smallest absolute Gasteiger partial charge is 0.241 e. The summed E-state index contributed by atoms with van der Waals surface area (Å²) < 4.78 is 13.0. The Balaban J connectivity index is 2.69. The van der Waals surface area contributed by atoms with Crippen molar-refractivity contribution in [1.29, 1.82) is 0 Å². The lowest BCUT2D eigenvalue weighted by Crippen LogP contribution is -2.35. The lowest BCUT2D eigenvalue weighted by molar-refractivity contribution is -0.117. The van der Waals surface area contributed by atoms with Gasteiger partial charge in [-0.15, -0.1) is 0 Å². The number of nitrogens with two attached hydrogens (primary N) is 1. The number of nitrogens with one attached hydrogen (secondary N) is 1. The van der Waals surface area contributed by atoms with Crippen LogP contribution in [0.5, 0.6) is 0 Å². The van der Waals surface area contributed by atoms with Gasteiger partial charge in [0.1, 0.15) is 5.82 Å². The third-order valence-corrected chi connectivity index (χ3v) is 2.25. The van der Waals surface area contributed by atoms with Crippen LogP contribution in [0, 0.1) is 12.7 Å². The Morgan fingerprint density at radius 1 is 1.50 bits per heavy atom. The van der Waals surface area contributed by atoms with Crippen molar-refractivity contribution in [2.24, 2.45) is 5.73 Å². The van der Waals surface area contributed by atoms with Crippen LogP contribution in [0.25, 0.3) is 0 Å². The fourth-order valence-corrected chi connectivity index (χ4v) is 1.49. The van der Waals surface area contributed by atoms with Crippen LogP contribution >= 0.6 is 0 Å². The lowest BCUT2D eigenvalue weighted by atomic mass is 10.1. The maximum absolute atomic E-state index is 13.0. The van der Waals surface area contributed by atoms with E-state index in [0.717, 1.165) is 12.0 Å². The standard InChI is InChI=1S/C12H17FN2O/c1-3-4-11(14)12(16)15-10-6-8(2)5-9(13)7-10/h5-7,11H,3-4,14H2,1-2H3,(H,15,16). The number of benzene rings is 1. The summed E-state index contributed by atoms with van der Waals surface area (Å²) in [5, 5.41) is 2.60. The van der Waals surface area contributed by atoms with Crippen molar-refractivity contribution < 1.29 is 9.18 Å². The largest absolute Gasteiger partial charge is 0.325 e. The average Bonchev–Trinajstić information content (AvgIpc) is 2.16. The van der Waals surface area contributed by atoms with Crippen LogP contribution in [0.15, 0.2) is 18.2 Å². The Morgan fingerprint density at radius 3 is 2.75 bits per heavy atom. The molecule has 0 aliphatic carbocycles. The van der Waals surface area contributed by atoms with Gasteiger partial charge in [-0.3, -0.25) is 4.79 Å². The van der Waals surface area contributed by atoms with Crippen molar-refractivity contribution in [3.8, 4) is 0 Å². The highest BCUT2D eigenvalue weighted by atomic mass is 19.1. The van der Waals surface area contributed by atoms with Gasteiger partial charge >= 0.3 is 0 Å². The molecule has 0 saturated carbocycles. The average molecular weight is 224 g/mol. The zero-order valence-electron chi connectivity index (χ0n) is 9.59. The van der Waals surface area contributed by atoms with E-state index in [1.165, 1.54) is 12.1 Å². The first-order chi connectivity index (χ1) is 7.52. The number of amides is 1. The van der Waals surface area contributed by atoms with Crippen molar-refractivity contribution in [3.05, 3.63) is 29.6 Å². The molecular weight excluding hydrogens is 207 g/mol. The molecule has 3 nitrogen and oxygen atoms in total. The first kappa shape index (κ1) is 12.6. The van der Waals surface area contributed by atoms with Crippen molar-refractivity contribution in [2.75, 3.05) is 5.32 Å². The van der Waals surface area contributed by atoms with Crippen LogP contribution in [0.1, 0.15) is 25.3 Å². The van der Waals surface area contributed by atoms with Crippen LogP contribution in [-0.2, 0) is 4.79 Å². The van der Waals surface area contributed by atoms with Gasteiger partial charge in [0.15, 0.2) is 0 Å². The van der Waals surface area contributed by atoms with Crippen LogP contribution < -0.4 is 11.1 Å². The number of halogens is 1. The van der Waals surface area contributed by atoms with E-state index < -0.39 is 6.04 Å². The fraction of sp³-hybridized carbons (Fsp3) is 0.417. The summed E-state index contributed by atoms with van der Waals surface area (Å²) in [4.78, 5) is 11.6. The Hall–Kier alpha value is -1.42. The molecule has 1 atom stereocenters. The summed E-state index contributed by atoms with van der Waals surface area (Å²) in [6.45, 7) is 3.73. The van der Waals surface area contributed by atoms with Gasteiger partial charge in [0.25, 0.3) is 0 Å². The van der Waals surface area contributed by atoms with Crippen LogP contribution in [0.3, 0.4) is 0 Å². The van der Waals surface area contributed by atoms with E-state index in [4.69, 9.17) is 5.73 Å². The highest BCUT2D eigenvalue weighted by Crippen LogP contribution is 2.13. The first-order valence-electron chi connectivity index (χ1n) is 5.36. The molecular formula is C12H17FN2O. The Morgan fingerprint density at radius 2 is 2.19 bits per heavy atom. The number of hydrogen-bond acceptors (Lipinski definition) is 2. The molecule has 0 saturated heterocycles. The van der Waals surface area contributed by atoms with E-state index in [1.807, 2.05) is 6.92 Å². The van der Waals surface area contributed by atoms with E-state index in [2.05, 4.69) is 5.32 Å². The van der Waals surface area contributed by atoms with Gasteiger partial charge in [-0.2, -0.15) is 0 Å². The lowest BCUT2D eigenvalue weighted by Gasteiger charge is -2.11. The molecule has 1 amide bonds. The number of rotatable bonds is 4. The second kappa shape index (κ2) is 5.61. The van der Waals surface area contributed by atoms with Crippen molar-refractivity contribution in [1.82, 2.24) is 0 Å². The van der Waals surface area contributed by atoms with E-state index in [-0.39, 0.29) is 11.7 Å². The number of carbonyl (C=O) groups is 1. The zero-order chi connectivity index (χ0) is 12.1. The van der Waals surface area contributed by atoms with E-state index in [0.29, 0.717) is 12.1 Å². The first-order valence-corrected chi connectivity index (χ1v) is 5.36. The second-order valence-corrected chi connectivity index (χ2v) is 3.90. The molecule has 0 aliphatic heterocycles. The van der Waals surface area contributed by atoms with Crippen LogP contribution in [0.4, 0.5) is 10.1 Å². The quantitative estimate of drug-likeness (QED) is 0.823. The molecule has 0 radical (unpaired) electrons. The molecule has 0 bridgehead atoms. The topological polar surface area (TPSA) is 55.1 Å². The van der Waals surface area contributed by atoms with Crippen molar-refractivity contribution in [3.63, 3.8) is 0 Å². The van der Waals surface area contributed by atoms with Gasteiger partial charge in [-0.1, -0.05) is 13.3 Å². The zero-order valence-corrected chi connectivity index (χ0v) is 9.59. The predicted octanol–water partition coefficient (Wildman–Crippen LogP) is 2.20. The summed E-state index contributed by atoms with van der Waals surface area (Å²) in [7, 11) is 0. The van der Waals surface area contributed by atoms with E-state index in [1.54, 1.807) is 13.0 Å². The minimum atomic E-state index is -0.534. The van der Waals surface area contributed by atoms with Crippen LogP contribution in [-0.4, -0.2) is 11.9 Å². The highest BCUT2D eigenvalue weighted by Gasteiger charge is 2.12. The molecule has 0 fully saturated rings. The minimum absolute atomic E-state index is 0.271. The third-order valence-electron chi connectivity index (χ3n) is 2.25. The van der Waals surface area contributed by atoms with Crippen molar-refractivity contribution in [2.45, 2.75) is 32.7 Å². The Labute approximate surface area is 94.8 Å². The Kier molecular flexibility index (Phi) is 4.43. The maximum Gasteiger partial charge on any atom is 0.241 e. The van der Waals surface area contributed by atoms with E-state index >= 15 is 0 Å². The maximum atomic E-state index is 13.0. The number of carbonyl (C=O) groups excluding carboxylic acids is 1. The molecule has 1 aromatic rings. The molecule has 4 heteroatoms. The number of aryl methyl sites for hydroxylation is 1. The molecule has 1 unspecified atom stereocenters.